The summed E-state index contributed by atoms with van der Waals surface area (Å²) in [4.78, 5) is 0. The normalized spacial score (nSPS) is 10.3. The van der Waals surface area contributed by atoms with Crippen molar-refractivity contribution in [2.45, 2.75) is 13.3 Å². The molecule has 0 aromatic rings. The largest absolute Gasteiger partial charge is 0.236 e. The van der Waals surface area contributed by atoms with Crippen LogP contribution in [-0.4, -0.2) is 6.61 Å². The molecule has 0 atom stereocenters. The van der Waals surface area contributed by atoms with E-state index >= 15 is 0 Å². The Balaban J connectivity index is 2.66. The van der Waals surface area contributed by atoms with Crippen molar-refractivity contribution in [3.05, 3.63) is 12.2 Å². The van der Waals surface area contributed by atoms with Gasteiger partial charge in [-0.25, -0.2) is 5.11 Å². The molecule has 0 amide bonds. The van der Waals surface area contributed by atoms with Crippen LogP contribution in [0.5, 0.6) is 0 Å². The van der Waals surface area contributed by atoms with Gasteiger partial charge in [0.05, 0.1) is 6.61 Å². The van der Waals surface area contributed by atoms with Gasteiger partial charge in [-0.15, -0.1) is 0 Å². The van der Waals surface area contributed by atoms with Crippen molar-refractivity contribution in [3.63, 3.8) is 0 Å². The fraction of sp³-hybridized carbons (Fsp3) is 0.600. The third kappa shape index (κ3) is 3.70. The van der Waals surface area contributed by atoms with Crippen molar-refractivity contribution in [1.29, 1.82) is 0 Å². The molecular formula is C5H9O. The summed E-state index contributed by atoms with van der Waals surface area (Å²) in [5.41, 5.74) is 0. The molecule has 0 aliphatic carbocycles. The van der Waals surface area contributed by atoms with Gasteiger partial charge in [-0.05, 0) is 13.3 Å². The van der Waals surface area contributed by atoms with Crippen molar-refractivity contribution in [2.24, 2.45) is 0 Å². The van der Waals surface area contributed by atoms with E-state index < -0.39 is 0 Å². The lowest BCUT2D eigenvalue weighted by Crippen LogP contribution is -1.70. The van der Waals surface area contributed by atoms with Crippen molar-refractivity contribution in [3.8, 4) is 0 Å². The van der Waals surface area contributed by atoms with Crippen molar-refractivity contribution in [1.82, 2.24) is 0 Å². The van der Waals surface area contributed by atoms with Crippen LogP contribution in [0.1, 0.15) is 13.3 Å². The van der Waals surface area contributed by atoms with Gasteiger partial charge in [0.2, 0.25) is 0 Å². The van der Waals surface area contributed by atoms with Gasteiger partial charge in [-0.1, -0.05) is 12.2 Å². The third-order valence-corrected chi connectivity index (χ3v) is 0.520. The second-order valence-corrected chi connectivity index (χ2v) is 1.06. The molecule has 1 heteroatoms. The minimum Gasteiger partial charge on any atom is -0.236 e. The lowest BCUT2D eigenvalue weighted by Gasteiger charge is -1.73. The van der Waals surface area contributed by atoms with E-state index in [-0.39, 0.29) is 6.61 Å². The molecule has 0 fully saturated rings. The van der Waals surface area contributed by atoms with Gasteiger partial charge in [0.25, 0.3) is 0 Å². The van der Waals surface area contributed by atoms with E-state index in [2.05, 4.69) is 0 Å². The van der Waals surface area contributed by atoms with Crippen LogP contribution in [0.3, 0.4) is 0 Å². The van der Waals surface area contributed by atoms with Gasteiger partial charge < -0.3 is 0 Å². The van der Waals surface area contributed by atoms with Crippen LogP contribution in [-0.2, 0) is 5.11 Å². The molecule has 1 radical (unpaired) electrons. The Bertz CT molecular complexity index is 39.2. The molecule has 0 spiro atoms. The predicted molar refractivity (Wildman–Crippen MR) is 25.0 cm³/mol. The van der Waals surface area contributed by atoms with Crippen LogP contribution in [0.25, 0.3) is 0 Å². The zero-order chi connectivity index (χ0) is 4.83. The molecule has 0 heterocycles. The maximum absolute atomic E-state index is 9.64. The van der Waals surface area contributed by atoms with Crippen molar-refractivity contribution < 1.29 is 5.11 Å². The first-order chi connectivity index (χ1) is 2.91. The lowest BCUT2D eigenvalue weighted by molar-refractivity contribution is 0.199. The highest BCUT2D eigenvalue weighted by atomic mass is 16.2. The summed E-state index contributed by atoms with van der Waals surface area (Å²) in [6.45, 7) is 1.93. The molecule has 0 unspecified atom stereocenters. The number of hydrogen-bond acceptors (Lipinski definition) is 0. The summed E-state index contributed by atoms with van der Waals surface area (Å²) >= 11 is 0. The average Bonchev–Trinajstić information content (AvgIpc) is 1.61. The molecule has 35 valence electrons. The lowest BCUT2D eigenvalue weighted by atomic mass is 10.4. The third-order valence-electron chi connectivity index (χ3n) is 0.520. The monoisotopic (exact) mass is 85.1 g/mol. The molecule has 0 aliphatic heterocycles. The van der Waals surface area contributed by atoms with E-state index in [0.29, 0.717) is 6.42 Å². The Morgan fingerprint density at radius 1 is 1.67 bits per heavy atom. The first-order valence-electron chi connectivity index (χ1n) is 2.11. The standard InChI is InChI=1S/C5H9O/c1-2-3-4-5-6/h2-3H,4-5H2,1H3/b3-2+. The summed E-state index contributed by atoms with van der Waals surface area (Å²) in [7, 11) is 0. The van der Waals surface area contributed by atoms with E-state index in [9.17, 15) is 5.11 Å². The Kier molecular flexibility index (Phi) is 4.46. The van der Waals surface area contributed by atoms with Crippen LogP contribution >= 0.6 is 0 Å². The van der Waals surface area contributed by atoms with Gasteiger partial charge in [-0.2, -0.15) is 0 Å². The van der Waals surface area contributed by atoms with Crippen LogP contribution in [0.4, 0.5) is 0 Å². The fourth-order valence-electron chi connectivity index (χ4n) is 0.235. The highest BCUT2D eigenvalue weighted by Gasteiger charge is 1.68. The van der Waals surface area contributed by atoms with E-state index in [0.717, 1.165) is 0 Å². The summed E-state index contributed by atoms with van der Waals surface area (Å²) in [6, 6.07) is 0. The van der Waals surface area contributed by atoms with E-state index in [1.807, 2.05) is 19.1 Å². The number of allylic oxidation sites excluding steroid dienone is 1. The quantitative estimate of drug-likeness (QED) is 0.451. The minimum absolute atomic E-state index is 0.0182. The Morgan fingerprint density at radius 3 is 2.50 bits per heavy atom. The van der Waals surface area contributed by atoms with Gasteiger partial charge >= 0.3 is 0 Å². The number of rotatable bonds is 2. The van der Waals surface area contributed by atoms with Crippen LogP contribution in [0, 0.1) is 0 Å². The topological polar surface area (TPSA) is 19.9 Å². The number of hydrogen-bond donors (Lipinski definition) is 0. The zero-order valence-corrected chi connectivity index (χ0v) is 3.98. The average molecular weight is 85.1 g/mol. The Labute approximate surface area is 38.3 Å². The maximum atomic E-state index is 9.64. The Hall–Kier alpha value is -0.300. The van der Waals surface area contributed by atoms with E-state index in [4.69, 9.17) is 0 Å². The first kappa shape index (κ1) is 5.70. The second kappa shape index (κ2) is 4.70. The summed E-state index contributed by atoms with van der Waals surface area (Å²) in [6.07, 6.45) is 4.43. The summed E-state index contributed by atoms with van der Waals surface area (Å²) in [5, 5.41) is 9.64. The molecule has 0 saturated heterocycles. The first-order valence-corrected chi connectivity index (χ1v) is 2.11. The SMILES string of the molecule is C/C=C/CC[O]. The molecule has 1 nitrogen and oxygen atoms in total. The molecule has 0 aliphatic rings. The van der Waals surface area contributed by atoms with Gasteiger partial charge in [0.1, 0.15) is 0 Å². The van der Waals surface area contributed by atoms with E-state index in [1.165, 1.54) is 0 Å². The molecule has 0 rings (SSSR count). The molecule has 0 N–H and O–H groups in total. The molecule has 0 aromatic heterocycles. The molecule has 0 bridgehead atoms. The van der Waals surface area contributed by atoms with Gasteiger partial charge in [0.15, 0.2) is 0 Å². The highest BCUT2D eigenvalue weighted by molar-refractivity contribution is 4.75. The van der Waals surface area contributed by atoms with Crippen LogP contribution in [0.15, 0.2) is 12.2 Å². The minimum atomic E-state index is 0.0182. The molecule has 6 heavy (non-hydrogen) atoms. The molecular weight excluding hydrogens is 76.1 g/mol. The predicted octanol–water partition coefficient (Wildman–Crippen LogP) is 1.38. The maximum Gasteiger partial charge on any atom is 0.0856 e. The second-order valence-electron chi connectivity index (χ2n) is 1.06. The smallest absolute Gasteiger partial charge is 0.0856 e. The van der Waals surface area contributed by atoms with Gasteiger partial charge in [-0.3, -0.25) is 0 Å². The van der Waals surface area contributed by atoms with Gasteiger partial charge in [0, 0.05) is 0 Å². The zero-order valence-electron chi connectivity index (χ0n) is 3.98. The fourth-order valence-corrected chi connectivity index (χ4v) is 0.235. The van der Waals surface area contributed by atoms with E-state index in [1.54, 1.807) is 0 Å². The molecule has 0 aromatic carbocycles. The summed E-state index contributed by atoms with van der Waals surface area (Å²) < 4.78 is 0. The van der Waals surface area contributed by atoms with Crippen molar-refractivity contribution in [2.75, 3.05) is 6.61 Å². The van der Waals surface area contributed by atoms with Crippen LogP contribution < -0.4 is 0 Å². The Morgan fingerprint density at radius 2 is 2.33 bits per heavy atom. The van der Waals surface area contributed by atoms with Crippen molar-refractivity contribution >= 4 is 0 Å². The van der Waals surface area contributed by atoms with Crippen LogP contribution in [0.2, 0.25) is 0 Å². The highest BCUT2D eigenvalue weighted by Crippen LogP contribution is 1.76. The molecule has 0 saturated carbocycles. The summed E-state index contributed by atoms with van der Waals surface area (Å²) in [5.74, 6) is 0.